The Morgan fingerprint density at radius 3 is 3.16 bits per heavy atom. The number of aryl methyl sites for hydroxylation is 1. The number of anilines is 1. The van der Waals surface area contributed by atoms with Crippen LogP contribution in [0.3, 0.4) is 0 Å². The summed E-state index contributed by atoms with van der Waals surface area (Å²) in [4.78, 5) is 4.31. The van der Waals surface area contributed by atoms with Crippen LogP contribution in [0, 0.1) is 11.3 Å². The van der Waals surface area contributed by atoms with E-state index in [9.17, 15) is 0 Å². The van der Waals surface area contributed by atoms with E-state index in [0.29, 0.717) is 23.1 Å². The van der Waals surface area contributed by atoms with E-state index in [4.69, 9.17) is 15.7 Å². The molecular weight excluding hydrogens is 240 g/mol. The van der Waals surface area contributed by atoms with Crippen molar-refractivity contribution in [1.29, 1.82) is 5.26 Å². The molecule has 0 bridgehead atoms. The maximum atomic E-state index is 9.08. The maximum absolute atomic E-state index is 9.08. The third kappa shape index (κ3) is 2.15. The third-order valence-corrected chi connectivity index (χ3v) is 3.63. The minimum atomic E-state index is 0.330. The number of ether oxygens (including phenoxy) is 1. The zero-order chi connectivity index (χ0) is 13.2. The summed E-state index contributed by atoms with van der Waals surface area (Å²) >= 11 is 0. The standard InChI is InChI=1S/C14H16N4O/c15-9-10-3-1-5-12-13(10)17-14(16)18(12)7-6-11-4-2-8-19-11/h1,3,5,11H,2,4,6-8H2,(H2,16,17). The lowest BCUT2D eigenvalue weighted by Crippen LogP contribution is -2.11. The number of hydrogen-bond acceptors (Lipinski definition) is 4. The highest BCUT2D eigenvalue weighted by molar-refractivity contribution is 5.83. The van der Waals surface area contributed by atoms with Gasteiger partial charge >= 0.3 is 0 Å². The zero-order valence-electron chi connectivity index (χ0n) is 10.7. The number of hydrogen-bond donors (Lipinski definition) is 1. The van der Waals surface area contributed by atoms with Crippen LogP contribution in [0.1, 0.15) is 24.8 Å². The second kappa shape index (κ2) is 4.90. The van der Waals surface area contributed by atoms with Gasteiger partial charge in [-0.1, -0.05) is 6.07 Å². The Morgan fingerprint density at radius 1 is 1.53 bits per heavy atom. The first-order valence-electron chi connectivity index (χ1n) is 6.56. The fraction of sp³-hybridized carbons (Fsp3) is 0.429. The molecule has 1 saturated heterocycles. The molecule has 1 aromatic heterocycles. The molecule has 5 nitrogen and oxygen atoms in total. The van der Waals surface area contributed by atoms with Crippen LogP contribution in [0.4, 0.5) is 5.95 Å². The van der Waals surface area contributed by atoms with Gasteiger partial charge < -0.3 is 15.0 Å². The number of nitriles is 1. The van der Waals surface area contributed by atoms with Crippen molar-refractivity contribution in [3.05, 3.63) is 23.8 Å². The van der Waals surface area contributed by atoms with Crippen molar-refractivity contribution >= 4 is 17.0 Å². The lowest BCUT2D eigenvalue weighted by molar-refractivity contribution is 0.101. The molecule has 0 aliphatic carbocycles. The number of rotatable bonds is 3. The van der Waals surface area contributed by atoms with Crippen LogP contribution in [-0.2, 0) is 11.3 Å². The average Bonchev–Trinajstić information content (AvgIpc) is 3.03. The number of benzene rings is 1. The van der Waals surface area contributed by atoms with Crippen LogP contribution in [0.5, 0.6) is 0 Å². The van der Waals surface area contributed by atoms with E-state index >= 15 is 0 Å². The molecular formula is C14H16N4O. The van der Waals surface area contributed by atoms with Gasteiger partial charge in [0.25, 0.3) is 0 Å². The van der Waals surface area contributed by atoms with Gasteiger partial charge in [-0.3, -0.25) is 0 Å². The van der Waals surface area contributed by atoms with Crippen molar-refractivity contribution in [3.8, 4) is 6.07 Å². The van der Waals surface area contributed by atoms with Gasteiger partial charge in [0.1, 0.15) is 11.6 Å². The van der Waals surface area contributed by atoms with Gasteiger partial charge in [0, 0.05) is 13.2 Å². The van der Waals surface area contributed by atoms with Crippen molar-refractivity contribution in [2.24, 2.45) is 0 Å². The molecule has 5 heteroatoms. The largest absolute Gasteiger partial charge is 0.378 e. The molecule has 0 saturated carbocycles. The van der Waals surface area contributed by atoms with Crippen molar-refractivity contribution in [2.75, 3.05) is 12.3 Å². The minimum absolute atomic E-state index is 0.330. The van der Waals surface area contributed by atoms with Crippen LogP contribution < -0.4 is 5.73 Å². The Hall–Kier alpha value is -2.06. The summed E-state index contributed by atoms with van der Waals surface area (Å²) in [6.45, 7) is 1.64. The molecule has 2 aromatic rings. The van der Waals surface area contributed by atoms with E-state index in [1.807, 2.05) is 16.7 Å². The molecule has 98 valence electrons. The molecule has 0 radical (unpaired) electrons. The van der Waals surface area contributed by atoms with Crippen molar-refractivity contribution in [2.45, 2.75) is 31.9 Å². The topological polar surface area (TPSA) is 76.9 Å². The van der Waals surface area contributed by atoms with Gasteiger partial charge in [-0.2, -0.15) is 5.26 Å². The Morgan fingerprint density at radius 2 is 2.42 bits per heavy atom. The monoisotopic (exact) mass is 256 g/mol. The molecule has 1 aliphatic rings. The van der Waals surface area contributed by atoms with Crippen molar-refractivity contribution in [3.63, 3.8) is 0 Å². The first-order valence-corrected chi connectivity index (χ1v) is 6.56. The highest BCUT2D eigenvalue weighted by Gasteiger charge is 2.17. The van der Waals surface area contributed by atoms with E-state index in [0.717, 1.165) is 37.9 Å². The molecule has 1 fully saturated rings. The number of aromatic nitrogens is 2. The van der Waals surface area contributed by atoms with Gasteiger partial charge in [-0.05, 0) is 31.4 Å². The molecule has 1 atom stereocenters. The first-order chi connectivity index (χ1) is 9.29. The number of para-hydroxylation sites is 1. The van der Waals surface area contributed by atoms with E-state index in [1.165, 1.54) is 0 Å². The quantitative estimate of drug-likeness (QED) is 0.911. The molecule has 1 unspecified atom stereocenters. The van der Waals surface area contributed by atoms with E-state index in [1.54, 1.807) is 6.07 Å². The molecule has 3 rings (SSSR count). The Bertz CT molecular complexity index is 635. The number of nitrogens with zero attached hydrogens (tertiary/aromatic N) is 3. The van der Waals surface area contributed by atoms with Crippen LogP contribution in [0.25, 0.3) is 11.0 Å². The second-order valence-corrected chi connectivity index (χ2v) is 4.83. The average molecular weight is 256 g/mol. The molecule has 0 amide bonds. The van der Waals surface area contributed by atoms with Crippen LogP contribution in [0.15, 0.2) is 18.2 Å². The van der Waals surface area contributed by atoms with Crippen LogP contribution in [0.2, 0.25) is 0 Å². The molecule has 1 aromatic carbocycles. The number of imidazole rings is 1. The Kier molecular flexibility index (Phi) is 3.10. The number of nitrogen functional groups attached to an aromatic ring is 1. The molecule has 2 N–H and O–H groups in total. The Balaban J connectivity index is 1.90. The van der Waals surface area contributed by atoms with Crippen molar-refractivity contribution in [1.82, 2.24) is 9.55 Å². The predicted molar refractivity (Wildman–Crippen MR) is 72.5 cm³/mol. The summed E-state index contributed by atoms with van der Waals surface area (Å²) in [7, 11) is 0. The van der Waals surface area contributed by atoms with Gasteiger partial charge in [0.2, 0.25) is 5.95 Å². The lowest BCUT2D eigenvalue weighted by Gasteiger charge is -2.11. The lowest BCUT2D eigenvalue weighted by atomic mass is 10.1. The summed E-state index contributed by atoms with van der Waals surface area (Å²) in [5, 5.41) is 9.08. The smallest absolute Gasteiger partial charge is 0.201 e. The molecule has 0 spiro atoms. The summed E-state index contributed by atoms with van der Waals surface area (Å²) < 4.78 is 7.59. The summed E-state index contributed by atoms with van der Waals surface area (Å²) in [6, 6.07) is 7.73. The van der Waals surface area contributed by atoms with Gasteiger partial charge in [0.15, 0.2) is 0 Å². The highest BCUT2D eigenvalue weighted by atomic mass is 16.5. The van der Waals surface area contributed by atoms with Crippen molar-refractivity contribution < 1.29 is 4.74 Å². The van der Waals surface area contributed by atoms with Crippen LogP contribution >= 0.6 is 0 Å². The fourth-order valence-corrected chi connectivity index (χ4v) is 2.64. The summed E-state index contributed by atoms with van der Waals surface area (Å²) in [5.41, 5.74) is 8.15. The van der Waals surface area contributed by atoms with Gasteiger partial charge in [-0.25, -0.2) is 4.98 Å². The number of fused-ring (bicyclic) bond motifs is 1. The fourth-order valence-electron chi connectivity index (χ4n) is 2.64. The maximum Gasteiger partial charge on any atom is 0.201 e. The highest BCUT2D eigenvalue weighted by Crippen LogP contribution is 2.23. The Labute approximate surface area is 111 Å². The molecule has 2 heterocycles. The van der Waals surface area contributed by atoms with Gasteiger partial charge in [-0.15, -0.1) is 0 Å². The zero-order valence-corrected chi connectivity index (χ0v) is 10.7. The summed E-state index contributed by atoms with van der Waals surface area (Å²) in [5.74, 6) is 0.468. The van der Waals surface area contributed by atoms with E-state index in [2.05, 4.69) is 11.1 Å². The van der Waals surface area contributed by atoms with Gasteiger partial charge in [0.05, 0.1) is 17.2 Å². The second-order valence-electron chi connectivity index (χ2n) is 4.83. The first kappa shape index (κ1) is 12.0. The minimum Gasteiger partial charge on any atom is -0.378 e. The number of nitrogens with two attached hydrogens (primary N) is 1. The summed E-state index contributed by atoms with van der Waals surface area (Å²) in [6.07, 6.45) is 3.53. The van der Waals surface area contributed by atoms with E-state index < -0.39 is 0 Å². The molecule has 19 heavy (non-hydrogen) atoms. The predicted octanol–water partition coefficient (Wildman–Crippen LogP) is 2.06. The van der Waals surface area contributed by atoms with E-state index in [-0.39, 0.29) is 0 Å². The SMILES string of the molecule is N#Cc1cccc2c1nc(N)n2CCC1CCCO1. The third-order valence-electron chi connectivity index (χ3n) is 3.63. The van der Waals surface area contributed by atoms with Crippen LogP contribution in [-0.4, -0.2) is 22.3 Å². The normalized spacial score (nSPS) is 18.8. The molecule has 1 aliphatic heterocycles.